The van der Waals surface area contributed by atoms with Crippen LogP contribution in [-0.2, 0) is 11.2 Å². The lowest BCUT2D eigenvalue weighted by Crippen LogP contribution is -2.30. The van der Waals surface area contributed by atoms with Crippen LogP contribution < -0.4 is 9.47 Å². The molecule has 0 unspecified atom stereocenters. The Labute approximate surface area is 159 Å². The number of para-hydroxylation sites is 1. The second kappa shape index (κ2) is 9.33. The van der Waals surface area contributed by atoms with E-state index in [1.54, 1.807) is 31.2 Å². The summed E-state index contributed by atoms with van der Waals surface area (Å²) in [6.07, 6.45) is 1.15. The zero-order valence-electron chi connectivity index (χ0n) is 16.0. The summed E-state index contributed by atoms with van der Waals surface area (Å²) >= 11 is 0. The van der Waals surface area contributed by atoms with Crippen LogP contribution in [0, 0.1) is 0 Å². The van der Waals surface area contributed by atoms with Gasteiger partial charge in [-0.05, 0) is 63.1 Å². The van der Waals surface area contributed by atoms with Crippen LogP contribution in [0.15, 0.2) is 48.5 Å². The first-order valence-electron chi connectivity index (χ1n) is 8.97. The third-order valence-corrected chi connectivity index (χ3v) is 4.00. The number of aryl methyl sites for hydroxylation is 1. The van der Waals surface area contributed by atoms with Gasteiger partial charge in [-0.2, -0.15) is 0 Å². The van der Waals surface area contributed by atoms with Gasteiger partial charge in [-0.1, -0.05) is 18.2 Å². The predicted molar refractivity (Wildman–Crippen MR) is 104 cm³/mol. The molecule has 0 heterocycles. The van der Waals surface area contributed by atoms with Crippen LogP contribution in [0.4, 0.5) is 0 Å². The zero-order valence-corrected chi connectivity index (χ0v) is 16.0. The van der Waals surface area contributed by atoms with E-state index in [9.17, 15) is 14.7 Å². The van der Waals surface area contributed by atoms with Gasteiger partial charge in [0.05, 0.1) is 0 Å². The second-order valence-electron chi connectivity index (χ2n) is 6.92. The quantitative estimate of drug-likeness (QED) is 0.511. The molecule has 2 aromatic carbocycles. The summed E-state index contributed by atoms with van der Waals surface area (Å²) < 4.78 is 11.4. The van der Waals surface area contributed by atoms with Crippen LogP contribution in [0.25, 0.3) is 0 Å². The van der Waals surface area contributed by atoms with Crippen molar-refractivity contribution >= 4 is 11.6 Å². The monoisotopic (exact) mass is 370 g/mol. The lowest BCUT2D eigenvalue weighted by Gasteiger charge is -2.15. The number of hydrogen-bond donors (Lipinski definition) is 1. The summed E-state index contributed by atoms with van der Waals surface area (Å²) in [5, 5.41) is 9.77. The van der Waals surface area contributed by atoms with Crippen LogP contribution in [0.2, 0.25) is 0 Å². The molecular weight excluding hydrogens is 344 g/mol. The molecule has 0 spiro atoms. The maximum atomic E-state index is 12.0. The first kappa shape index (κ1) is 20.6. The fourth-order valence-corrected chi connectivity index (χ4v) is 2.53. The molecule has 0 saturated carbocycles. The predicted octanol–water partition coefficient (Wildman–Crippen LogP) is 3.62. The van der Waals surface area contributed by atoms with Crippen molar-refractivity contribution in [3.63, 3.8) is 0 Å². The van der Waals surface area contributed by atoms with Gasteiger partial charge in [-0.3, -0.25) is 4.79 Å². The minimum Gasteiger partial charge on any atom is -0.490 e. The van der Waals surface area contributed by atoms with E-state index in [1.165, 1.54) is 13.8 Å². The number of rotatable bonds is 10. The molecule has 2 aromatic rings. The average molecular weight is 370 g/mol. The van der Waals surface area contributed by atoms with Crippen molar-refractivity contribution in [1.82, 2.24) is 0 Å². The van der Waals surface area contributed by atoms with Crippen molar-refractivity contribution in [2.45, 2.75) is 39.2 Å². The maximum Gasteiger partial charge on any atom is 0.193 e. The third kappa shape index (κ3) is 6.53. The van der Waals surface area contributed by atoms with E-state index in [0.717, 1.165) is 11.3 Å². The number of ketones is 2. The Hall–Kier alpha value is -2.66. The maximum absolute atomic E-state index is 12.0. The van der Waals surface area contributed by atoms with Crippen LogP contribution in [-0.4, -0.2) is 35.5 Å². The number of carbonyl (C=O) groups is 2. The minimum atomic E-state index is -1.40. The average Bonchev–Trinajstić information content (AvgIpc) is 2.63. The fraction of sp³-hybridized carbons (Fsp3) is 0.364. The Morgan fingerprint density at radius 2 is 1.59 bits per heavy atom. The standard InChI is InChI=1S/C22H26O5/c1-16(23)8-9-17-6-4-5-7-20(17)27-15-14-26-19-12-10-18(11-13-19)21(24)22(2,3)25/h4-7,10-13,25H,8-9,14-15H2,1-3H3. The highest BCUT2D eigenvalue weighted by atomic mass is 16.5. The number of carbonyl (C=O) groups excluding carboxylic acids is 2. The van der Waals surface area contributed by atoms with Gasteiger partial charge in [0.1, 0.15) is 36.1 Å². The van der Waals surface area contributed by atoms with Gasteiger partial charge in [-0.25, -0.2) is 0 Å². The highest BCUT2D eigenvalue weighted by Crippen LogP contribution is 2.20. The summed E-state index contributed by atoms with van der Waals surface area (Å²) in [6, 6.07) is 14.3. The molecule has 0 aliphatic heterocycles. The van der Waals surface area contributed by atoms with E-state index in [1.807, 2.05) is 24.3 Å². The van der Waals surface area contributed by atoms with Gasteiger partial charge in [0.2, 0.25) is 0 Å². The van der Waals surface area contributed by atoms with Crippen molar-refractivity contribution in [1.29, 1.82) is 0 Å². The molecule has 144 valence electrons. The van der Waals surface area contributed by atoms with Crippen LogP contribution >= 0.6 is 0 Å². The van der Waals surface area contributed by atoms with Crippen molar-refractivity contribution in [3.8, 4) is 11.5 Å². The third-order valence-electron chi connectivity index (χ3n) is 4.00. The molecule has 1 N–H and O–H groups in total. The molecule has 5 nitrogen and oxygen atoms in total. The summed E-state index contributed by atoms with van der Waals surface area (Å²) in [7, 11) is 0. The molecule has 0 saturated heterocycles. The molecule has 0 aliphatic carbocycles. The first-order valence-corrected chi connectivity index (χ1v) is 8.97. The van der Waals surface area contributed by atoms with Crippen LogP contribution in [0.5, 0.6) is 11.5 Å². The molecule has 5 heteroatoms. The minimum absolute atomic E-state index is 0.152. The number of Topliss-reactive ketones (excluding diaryl/α,β-unsaturated/α-hetero) is 2. The number of benzene rings is 2. The van der Waals surface area contributed by atoms with E-state index in [4.69, 9.17) is 9.47 Å². The van der Waals surface area contributed by atoms with E-state index in [2.05, 4.69) is 0 Å². The van der Waals surface area contributed by atoms with Crippen molar-refractivity contribution in [3.05, 3.63) is 59.7 Å². The molecular formula is C22H26O5. The number of ether oxygens (including phenoxy) is 2. The molecule has 0 fully saturated rings. The van der Waals surface area contributed by atoms with Gasteiger partial charge in [0.25, 0.3) is 0 Å². The normalized spacial score (nSPS) is 11.1. The largest absolute Gasteiger partial charge is 0.490 e. The lowest BCUT2D eigenvalue weighted by atomic mass is 9.97. The van der Waals surface area contributed by atoms with Crippen molar-refractivity contribution in [2.75, 3.05) is 13.2 Å². The van der Waals surface area contributed by atoms with Gasteiger partial charge < -0.3 is 19.4 Å². The molecule has 0 aliphatic rings. The molecule has 0 amide bonds. The Bertz CT molecular complexity index is 772. The molecule has 0 bridgehead atoms. The smallest absolute Gasteiger partial charge is 0.193 e. The van der Waals surface area contributed by atoms with Gasteiger partial charge in [-0.15, -0.1) is 0 Å². The van der Waals surface area contributed by atoms with Crippen molar-refractivity contribution < 1.29 is 24.2 Å². The summed E-state index contributed by atoms with van der Waals surface area (Å²) in [5.41, 5.74) is 0.0408. The molecule has 27 heavy (non-hydrogen) atoms. The Kier molecular flexibility index (Phi) is 7.13. The summed E-state index contributed by atoms with van der Waals surface area (Å²) in [5.74, 6) is 1.20. The van der Waals surface area contributed by atoms with E-state index in [-0.39, 0.29) is 11.6 Å². The summed E-state index contributed by atoms with van der Waals surface area (Å²) in [4.78, 5) is 23.2. The topological polar surface area (TPSA) is 72.8 Å². The van der Waals surface area contributed by atoms with E-state index in [0.29, 0.717) is 37.4 Å². The molecule has 0 atom stereocenters. The number of aliphatic hydroxyl groups is 1. The lowest BCUT2D eigenvalue weighted by molar-refractivity contribution is -0.116. The van der Waals surface area contributed by atoms with Crippen molar-refractivity contribution in [2.24, 2.45) is 0 Å². The Balaban J connectivity index is 1.84. The fourth-order valence-electron chi connectivity index (χ4n) is 2.53. The highest BCUT2D eigenvalue weighted by molar-refractivity contribution is 6.01. The molecule has 2 rings (SSSR count). The van der Waals surface area contributed by atoms with Gasteiger partial charge in [0, 0.05) is 12.0 Å². The first-order chi connectivity index (χ1) is 12.8. The molecule has 0 aromatic heterocycles. The van der Waals surface area contributed by atoms with Crippen LogP contribution in [0.3, 0.4) is 0 Å². The van der Waals surface area contributed by atoms with Crippen LogP contribution in [0.1, 0.15) is 43.1 Å². The number of hydrogen-bond acceptors (Lipinski definition) is 5. The second-order valence-corrected chi connectivity index (χ2v) is 6.92. The molecule has 0 radical (unpaired) electrons. The van der Waals surface area contributed by atoms with E-state index >= 15 is 0 Å². The highest BCUT2D eigenvalue weighted by Gasteiger charge is 2.24. The van der Waals surface area contributed by atoms with Gasteiger partial charge >= 0.3 is 0 Å². The Morgan fingerprint density at radius 1 is 0.963 bits per heavy atom. The Morgan fingerprint density at radius 3 is 2.22 bits per heavy atom. The van der Waals surface area contributed by atoms with E-state index < -0.39 is 5.60 Å². The zero-order chi connectivity index (χ0) is 19.9. The van der Waals surface area contributed by atoms with Gasteiger partial charge in [0.15, 0.2) is 5.78 Å². The summed E-state index contributed by atoms with van der Waals surface area (Å²) in [6.45, 7) is 5.22. The SMILES string of the molecule is CC(=O)CCc1ccccc1OCCOc1ccc(C(=O)C(C)(C)O)cc1.